The lowest BCUT2D eigenvalue weighted by molar-refractivity contribution is 0.0292. The van der Waals surface area contributed by atoms with E-state index in [2.05, 4.69) is 56.7 Å². The highest BCUT2D eigenvalue weighted by Crippen LogP contribution is 2.37. The molecule has 0 bridgehead atoms. The molecule has 0 aliphatic carbocycles. The van der Waals surface area contributed by atoms with Crippen LogP contribution in [0.4, 0.5) is 5.82 Å². The first kappa shape index (κ1) is 15.7. The van der Waals surface area contributed by atoms with Gasteiger partial charge in [0.1, 0.15) is 16.7 Å². The van der Waals surface area contributed by atoms with Gasteiger partial charge in [-0.2, -0.15) is 5.10 Å². The molecule has 0 spiro atoms. The number of β-amino-alcohol motifs (C(OH)–C–C–N with tert-alkyl or cyclic N) is 1. The first-order valence-electron chi connectivity index (χ1n) is 7.55. The zero-order valence-corrected chi connectivity index (χ0v) is 15.0. The van der Waals surface area contributed by atoms with Crippen LogP contribution in [0, 0.1) is 11.3 Å². The summed E-state index contributed by atoms with van der Waals surface area (Å²) in [7, 11) is 1.87. The molecule has 0 saturated carbocycles. The maximum Gasteiger partial charge on any atom is 0.164 e. The Hall–Kier alpha value is -1.21. The van der Waals surface area contributed by atoms with Crippen LogP contribution in [-0.2, 0) is 7.05 Å². The number of aliphatic hydroxyl groups is 1. The molecule has 0 aromatic carbocycles. The predicted molar refractivity (Wildman–Crippen MR) is 89.8 cm³/mol. The Labute approximate surface area is 138 Å². The third-order valence-corrected chi connectivity index (χ3v) is 5.11. The number of piperidine rings is 1. The molecule has 0 amide bonds. The molecule has 1 N–H and O–H groups in total. The van der Waals surface area contributed by atoms with E-state index in [0.717, 1.165) is 34.4 Å². The summed E-state index contributed by atoms with van der Waals surface area (Å²) in [5.41, 5.74) is 0.908. The minimum Gasteiger partial charge on any atom is -0.391 e. The fraction of sp³-hybridized carbons (Fsp3) is 0.667. The van der Waals surface area contributed by atoms with Crippen LogP contribution in [0.25, 0.3) is 11.0 Å². The number of nitrogens with zero attached hydrogens (tertiary/aromatic N) is 5. The van der Waals surface area contributed by atoms with Crippen LogP contribution in [0.5, 0.6) is 0 Å². The van der Waals surface area contributed by atoms with E-state index in [0.29, 0.717) is 12.5 Å². The second kappa shape index (κ2) is 5.45. The SMILES string of the molecule is Cn1nc(Br)c2c(N3CC[C@H](C(C)(C)C)[C@@H](O)C3)ncnc21. The highest BCUT2D eigenvalue weighted by Gasteiger charge is 2.36. The average Bonchev–Trinajstić information content (AvgIpc) is 2.73. The Bertz CT molecular complexity index is 693. The average molecular weight is 368 g/mol. The number of halogens is 1. The van der Waals surface area contributed by atoms with Gasteiger partial charge < -0.3 is 10.0 Å². The fourth-order valence-electron chi connectivity index (χ4n) is 3.40. The van der Waals surface area contributed by atoms with E-state index >= 15 is 0 Å². The van der Waals surface area contributed by atoms with E-state index in [9.17, 15) is 5.11 Å². The number of aliphatic hydroxyl groups excluding tert-OH is 1. The minimum absolute atomic E-state index is 0.112. The van der Waals surface area contributed by atoms with Crippen LogP contribution in [0.1, 0.15) is 27.2 Å². The van der Waals surface area contributed by atoms with Gasteiger partial charge in [-0.05, 0) is 33.7 Å². The molecule has 2 aromatic heterocycles. The van der Waals surface area contributed by atoms with Gasteiger partial charge in [0.05, 0.1) is 11.5 Å². The van der Waals surface area contributed by atoms with Crippen LogP contribution in [-0.4, -0.2) is 44.0 Å². The molecule has 120 valence electrons. The summed E-state index contributed by atoms with van der Waals surface area (Å²) in [6.45, 7) is 8.05. The Kier molecular flexibility index (Phi) is 3.89. The minimum atomic E-state index is -0.353. The maximum atomic E-state index is 10.6. The third kappa shape index (κ3) is 2.60. The number of fused-ring (bicyclic) bond motifs is 1. The summed E-state index contributed by atoms with van der Waals surface area (Å²) in [6, 6.07) is 0. The first-order valence-corrected chi connectivity index (χ1v) is 8.34. The molecule has 7 heteroatoms. The normalized spacial score (nSPS) is 23.3. The quantitative estimate of drug-likeness (QED) is 0.837. The van der Waals surface area contributed by atoms with Crippen LogP contribution >= 0.6 is 15.9 Å². The molecule has 0 unspecified atom stereocenters. The Morgan fingerprint density at radius 2 is 2.05 bits per heavy atom. The van der Waals surface area contributed by atoms with Crippen molar-refractivity contribution in [2.45, 2.75) is 33.3 Å². The van der Waals surface area contributed by atoms with Crippen molar-refractivity contribution in [3.8, 4) is 0 Å². The Balaban J connectivity index is 1.94. The molecule has 2 aromatic rings. The summed E-state index contributed by atoms with van der Waals surface area (Å²) in [6.07, 6.45) is 2.16. The van der Waals surface area contributed by atoms with E-state index in [1.54, 1.807) is 11.0 Å². The molecular formula is C15H22BrN5O. The largest absolute Gasteiger partial charge is 0.391 e. The molecule has 0 radical (unpaired) electrons. The smallest absolute Gasteiger partial charge is 0.164 e. The number of aryl methyl sites for hydroxylation is 1. The van der Waals surface area contributed by atoms with Crippen LogP contribution in [0.15, 0.2) is 10.9 Å². The van der Waals surface area contributed by atoms with Crippen LogP contribution in [0.2, 0.25) is 0 Å². The van der Waals surface area contributed by atoms with Crippen molar-refractivity contribution in [1.29, 1.82) is 0 Å². The van der Waals surface area contributed by atoms with E-state index in [-0.39, 0.29) is 11.5 Å². The molecule has 1 aliphatic rings. The molecule has 3 rings (SSSR count). The lowest BCUT2D eigenvalue weighted by Gasteiger charge is -2.42. The fourth-order valence-corrected chi connectivity index (χ4v) is 3.99. The lowest BCUT2D eigenvalue weighted by Crippen LogP contribution is -2.48. The van der Waals surface area contributed by atoms with Gasteiger partial charge in [0.2, 0.25) is 0 Å². The number of hydrogen-bond acceptors (Lipinski definition) is 5. The van der Waals surface area contributed by atoms with E-state index in [1.165, 1.54) is 0 Å². The van der Waals surface area contributed by atoms with Gasteiger partial charge in [0.15, 0.2) is 5.65 Å². The van der Waals surface area contributed by atoms with Gasteiger partial charge in [-0.15, -0.1) is 0 Å². The van der Waals surface area contributed by atoms with Gasteiger partial charge in [-0.1, -0.05) is 20.8 Å². The lowest BCUT2D eigenvalue weighted by atomic mass is 9.73. The Morgan fingerprint density at radius 3 is 2.68 bits per heavy atom. The van der Waals surface area contributed by atoms with Gasteiger partial charge in [-0.25, -0.2) is 14.6 Å². The molecule has 1 aliphatic heterocycles. The topological polar surface area (TPSA) is 67.1 Å². The molecule has 1 saturated heterocycles. The zero-order chi connectivity index (χ0) is 16.1. The van der Waals surface area contributed by atoms with Gasteiger partial charge in [0, 0.05) is 20.1 Å². The highest BCUT2D eigenvalue weighted by atomic mass is 79.9. The third-order valence-electron chi connectivity index (χ3n) is 4.55. The maximum absolute atomic E-state index is 10.6. The van der Waals surface area contributed by atoms with Crippen molar-refractivity contribution in [2.75, 3.05) is 18.0 Å². The number of aromatic nitrogens is 4. The van der Waals surface area contributed by atoms with Crippen molar-refractivity contribution >= 4 is 32.8 Å². The molecule has 6 nitrogen and oxygen atoms in total. The van der Waals surface area contributed by atoms with Crippen molar-refractivity contribution in [3.63, 3.8) is 0 Å². The van der Waals surface area contributed by atoms with Crippen LogP contribution < -0.4 is 4.90 Å². The van der Waals surface area contributed by atoms with Crippen molar-refractivity contribution < 1.29 is 5.11 Å². The van der Waals surface area contributed by atoms with Crippen molar-refractivity contribution in [3.05, 3.63) is 10.9 Å². The zero-order valence-electron chi connectivity index (χ0n) is 13.4. The second-order valence-corrected chi connectivity index (χ2v) is 7.84. The van der Waals surface area contributed by atoms with E-state index in [1.807, 2.05) is 7.05 Å². The molecule has 1 fully saturated rings. The monoisotopic (exact) mass is 367 g/mol. The number of rotatable bonds is 1. The molecular weight excluding hydrogens is 346 g/mol. The van der Waals surface area contributed by atoms with Gasteiger partial charge in [0.25, 0.3) is 0 Å². The standard InChI is InChI=1S/C15H22BrN5O/c1-15(2,3)9-5-6-21(7-10(9)22)14-11-12(16)19-20(4)13(11)17-8-18-14/h8-10,22H,5-7H2,1-4H3/t9-,10-/m0/s1. The first-order chi connectivity index (χ1) is 10.3. The van der Waals surface area contributed by atoms with E-state index in [4.69, 9.17) is 0 Å². The highest BCUT2D eigenvalue weighted by molar-refractivity contribution is 9.10. The molecule has 22 heavy (non-hydrogen) atoms. The van der Waals surface area contributed by atoms with E-state index < -0.39 is 0 Å². The predicted octanol–water partition coefficient (Wildman–Crippen LogP) is 2.36. The van der Waals surface area contributed by atoms with Gasteiger partial charge >= 0.3 is 0 Å². The summed E-state index contributed by atoms with van der Waals surface area (Å²) < 4.78 is 2.48. The summed E-state index contributed by atoms with van der Waals surface area (Å²) in [4.78, 5) is 10.9. The molecule has 2 atom stereocenters. The summed E-state index contributed by atoms with van der Waals surface area (Å²) in [5, 5.41) is 15.8. The second-order valence-electron chi connectivity index (χ2n) is 7.08. The number of hydrogen-bond donors (Lipinski definition) is 1. The summed E-state index contributed by atoms with van der Waals surface area (Å²) in [5.74, 6) is 1.15. The van der Waals surface area contributed by atoms with Gasteiger partial charge in [-0.3, -0.25) is 0 Å². The molecule has 3 heterocycles. The summed E-state index contributed by atoms with van der Waals surface area (Å²) >= 11 is 3.49. The van der Waals surface area contributed by atoms with Crippen molar-refractivity contribution in [2.24, 2.45) is 18.4 Å². The number of anilines is 1. The van der Waals surface area contributed by atoms with Crippen LogP contribution in [0.3, 0.4) is 0 Å². The Morgan fingerprint density at radius 1 is 1.32 bits per heavy atom. The van der Waals surface area contributed by atoms with Crippen molar-refractivity contribution in [1.82, 2.24) is 19.7 Å².